The van der Waals surface area contributed by atoms with Crippen molar-refractivity contribution in [3.8, 4) is 5.75 Å². The molecule has 1 heterocycles. The molecule has 1 aromatic rings. The summed E-state index contributed by atoms with van der Waals surface area (Å²) in [6.45, 7) is 7.72. The lowest BCUT2D eigenvalue weighted by Gasteiger charge is -2.23. The van der Waals surface area contributed by atoms with Crippen LogP contribution < -0.4 is 10.1 Å². The van der Waals surface area contributed by atoms with Crippen molar-refractivity contribution < 1.29 is 9.53 Å². The molecule has 1 aromatic carbocycles. The Kier molecular flexibility index (Phi) is 9.68. The summed E-state index contributed by atoms with van der Waals surface area (Å²) in [5, 5.41) is 3.31. The molecule has 1 N–H and O–H groups in total. The molecule has 0 aromatic heterocycles. The number of hydrogen-bond donors (Lipinski definition) is 1. The largest absolute Gasteiger partial charge is 0.496 e. The maximum absolute atomic E-state index is 12.5. The monoisotopic (exact) mass is 374 g/mol. The van der Waals surface area contributed by atoms with Crippen molar-refractivity contribution in [2.24, 2.45) is 0 Å². The number of nitrogens with zero attached hydrogens (tertiary/aromatic N) is 1. The second kappa shape index (κ2) is 12.0. The predicted octanol–water partition coefficient (Wildman–Crippen LogP) is 5.01. The molecule has 152 valence electrons. The van der Waals surface area contributed by atoms with E-state index in [2.05, 4.69) is 36.2 Å². The van der Waals surface area contributed by atoms with Crippen LogP contribution in [0.25, 0.3) is 0 Å². The number of unbranched alkanes of at least 4 members (excludes halogenated alkanes) is 4. The molecule has 1 aliphatic heterocycles. The van der Waals surface area contributed by atoms with Crippen LogP contribution in [-0.2, 0) is 4.79 Å². The van der Waals surface area contributed by atoms with E-state index in [1.54, 1.807) is 7.11 Å². The first-order chi connectivity index (χ1) is 13.1. The van der Waals surface area contributed by atoms with E-state index in [1.807, 2.05) is 6.07 Å². The zero-order valence-electron chi connectivity index (χ0n) is 17.6. The van der Waals surface area contributed by atoms with E-state index >= 15 is 0 Å². The average molecular weight is 375 g/mol. The number of carbonyl (C=O) groups is 1. The average Bonchev–Trinajstić information content (AvgIpc) is 3.18. The van der Waals surface area contributed by atoms with Crippen LogP contribution in [-0.4, -0.2) is 37.6 Å². The van der Waals surface area contributed by atoms with Gasteiger partial charge in [0, 0.05) is 13.0 Å². The fourth-order valence-corrected chi connectivity index (χ4v) is 3.91. The Balaban J connectivity index is 1.93. The van der Waals surface area contributed by atoms with Gasteiger partial charge >= 0.3 is 0 Å². The van der Waals surface area contributed by atoms with Gasteiger partial charge in [-0.3, -0.25) is 4.79 Å². The summed E-state index contributed by atoms with van der Waals surface area (Å²) in [4.78, 5) is 15.0. The maximum Gasteiger partial charge on any atom is 0.220 e. The number of hydrogen-bond acceptors (Lipinski definition) is 3. The lowest BCUT2D eigenvalue weighted by molar-refractivity contribution is -0.122. The number of likely N-dealkylation sites (tertiary alicyclic amines) is 1. The summed E-state index contributed by atoms with van der Waals surface area (Å²) in [5.74, 6) is 1.09. The number of amides is 1. The summed E-state index contributed by atoms with van der Waals surface area (Å²) in [6, 6.07) is 6.36. The van der Waals surface area contributed by atoms with Crippen LogP contribution in [0.15, 0.2) is 18.2 Å². The Hall–Kier alpha value is -1.55. The van der Waals surface area contributed by atoms with Gasteiger partial charge in [-0.15, -0.1) is 0 Å². The van der Waals surface area contributed by atoms with Crippen LogP contribution in [0.3, 0.4) is 0 Å². The SMILES string of the molecule is CCCCCCCC(=O)NC(CCN1CCCC1)c1ccc(OC)c(C)c1. The minimum atomic E-state index is 0.0818. The smallest absolute Gasteiger partial charge is 0.220 e. The highest BCUT2D eigenvalue weighted by Gasteiger charge is 2.19. The minimum Gasteiger partial charge on any atom is -0.496 e. The molecule has 0 saturated carbocycles. The van der Waals surface area contributed by atoms with Crippen molar-refractivity contribution in [2.75, 3.05) is 26.7 Å². The zero-order valence-corrected chi connectivity index (χ0v) is 17.6. The predicted molar refractivity (Wildman–Crippen MR) is 112 cm³/mol. The number of nitrogens with one attached hydrogen (secondary N) is 1. The first-order valence-electron chi connectivity index (χ1n) is 10.8. The van der Waals surface area contributed by atoms with Crippen molar-refractivity contribution in [2.45, 2.75) is 77.7 Å². The highest BCUT2D eigenvalue weighted by atomic mass is 16.5. The van der Waals surface area contributed by atoms with Gasteiger partial charge in [0.1, 0.15) is 5.75 Å². The van der Waals surface area contributed by atoms with Crippen molar-refractivity contribution >= 4 is 5.91 Å². The van der Waals surface area contributed by atoms with Crippen molar-refractivity contribution in [1.82, 2.24) is 10.2 Å². The van der Waals surface area contributed by atoms with E-state index in [9.17, 15) is 4.79 Å². The fourth-order valence-electron chi connectivity index (χ4n) is 3.91. The van der Waals surface area contributed by atoms with Crippen LogP contribution >= 0.6 is 0 Å². The molecule has 0 spiro atoms. The molecule has 1 aliphatic rings. The molecule has 4 nitrogen and oxygen atoms in total. The summed E-state index contributed by atoms with van der Waals surface area (Å²) in [5.41, 5.74) is 2.31. The number of rotatable bonds is 12. The molecule has 1 atom stereocenters. The Morgan fingerprint density at radius 2 is 1.93 bits per heavy atom. The van der Waals surface area contributed by atoms with Gasteiger partial charge < -0.3 is 15.0 Å². The van der Waals surface area contributed by atoms with Gasteiger partial charge in [0.05, 0.1) is 13.2 Å². The van der Waals surface area contributed by atoms with E-state index in [-0.39, 0.29) is 11.9 Å². The van der Waals surface area contributed by atoms with Crippen molar-refractivity contribution in [1.29, 1.82) is 0 Å². The van der Waals surface area contributed by atoms with Gasteiger partial charge in [-0.25, -0.2) is 0 Å². The third-order valence-electron chi connectivity index (χ3n) is 5.60. The fraction of sp³-hybridized carbons (Fsp3) is 0.696. The van der Waals surface area contributed by atoms with Gasteiger partial charge in [0.2, 0.25) is 5.91 Å². The molecular weight excluding hydrogens is 336 g/mol. The number of carbonyl (C=O) groups excluding carboxylic acids is 1. The van der Waals surface area contributed by atoms with Crippen molar-refractivity contribution in [3.63, 3.8) is 0 Å². The van der Waals surface area contributed by atoms with E-state index < -0.39 is 0 Å². The number of aryl methyl sites for hydroxylation is 1. The summed E-state index contributed by atoms with van der Waals surface area (Å²) in [6.07, 6.45) is 10.1. The normalized spacial score (nSPS) is 15.7. The lowest BCUT2D eigenvalue weighted by atomic mass is 10.00. The summed E-state index contributed by atoms with van der Waals surface area (Å²) < 4.78 is 5.39. The Morgan fingerprint density at radius 1 is 1.19 bits per heavy atom. The molecule has 1 amide bonds. The van der Waals surface area contributed by atoms with Crippen LogP contribution in [0.5, 0.6) is 5.75 Å². The van der Waals surface area contributed by atoms with E-state index in [0.717, 1.165) is 37.1 Å². The van der Waals surface area contributed by atoms with E-state index in [4.69, 9.17) is 4.74 Å². The molecule has 2 rings (SSSR count). The highest BCUT2D eigenvalue weighted by molar-refractivity contribution is 5.76. The van der Waals surface area contributed by atoms with Gasteiger partial charge in [-0.1, -0.05) is 44.7 Å². The Labute approximate surface area is 165 Å². The first-order valence-corrected chi connectivity index (χ1v) is 10.8. The van der Waals surface area contributed by atoms with Gasteiger partial charge in [-0.2, -0.15) is 0 Å². The minimum absolute atomic E-state index is 0.0818. The molecule has 1 unspecified atom stereocenters. The molecule has 27 heavy (non-hydrogen) atoms. The number of ether oxygens (including phenoxy) is 1. The zero-order chi connectivity index (χ0) is 19.5. The topological polar surface area (TPSA) is 41.6 Å². The third-order valence-corrected chi connectivity index (χ3v) is 5.60. The van der Waals surface area contributed by atoms with Crippen LogP contribution in [0.4, 0.5) is 0 Å². The van der Waals surface area contributed by atoms with Crippen molar-refractivity contribution in [3.05, 3.63) is 29.3 Å². The molecule has 0 radical (unpaired) electrons. The molecule has 0 aliphatic carbocycles. The number of methoxy groups -OCH3 is 1. The van der Waals surface area contributed by atoms with Crippen LogP contribution in [0.2, 0.25) is 0 Å². The number of benzene rings is 1. The molecule has 0 bridgehead atoms. The quantitative estimate of drug-likeness (QED) is 0.523. The second-order valence-electron chi connectivity index (χ2n) is 7.85. The molecular formula is C23H38N2O2. The van der Waals surface area contributed by atoms with Crippen LogP contribution in [0, 0.1) is 6.92 Å². The Bertz CT molecular complexity index is 567. The first kappa shape index (κ1) is 21.7. The van der Waals surface area contributed by atoms with Gasteiger partial charge in [-0.05, 0) is 62.9 Å². The molecule has 4 heteroatoms. The van der Waals surface area contributed by atoms with Gasteiger partial charge in [0.15, 0.2) is 0 Å². The standard InChI is InChI=1S/C23H38N2O2/c1-4-5-6-7-8-11-23(26)24-21(14-17-25-15-9-10-16-25)20-12-13-22(27-3)19(2)18-20/h12-13,18,21H,4-11,14-17H2,1-3H3,(H,24,26). The molecule has 1 fully saturated rings. The third kappa shape index (κ3) is 7.53. The van der Waals surface area contributed by atoms with E-state index in [0.29, 0.717) is 6.42 Å². The second-order valence-corrected chi connectivity index (χ2v) is 7.85. The maximum atomic E-state index is 12.5. The lowest BCUT2D eigenvalue weighted by Crippen LogP contribution is -2.32. The Morgan fingerprint density at radius 3 is 2.59 bits per heavy atom. The summed E-state index contributed by atoms with van der Waals surface area (Å²) >= 11 is 0. The molecule has 1 saturated heterocycles. The summed E-state index contributed by atoms with van der Waals surface area (Å²) in [7, 11) is 1.70. The highest BCUT2D eigenvalue weighted by Crippen LogP contribution is 2.25. The van der Waals surface area contributed by atoms with E-state index in [1.165, 1.54) is 50.8 Å². The van der Waals surface area contributed by atoms with Crippen LogP contribution in [0.1, 0.15) is 81.9 Å². The van der Waals surface area contributed by atoms with Gasteiger partial charge in [0.25, 0.3) is 0 Å².